The first-order chi connectivity index (χ1) is 9.25. The van der Waals surface area contributed by atoms with E-state index < -0.39 is 0 Å². The minimum atomic E-state index is -0.214. The Morgan fingerprint density at radius 2 is 1.84 bits per heavy atom. The highest BCUT2D eigenvalue weighted by Crippen LogP contribution is 2.20. The molecule has 1 aromatic rings. The zero-order chi connectivity index (χ0) is 13.5. The van der Waals surface area contributed by atoms with Crippen LogP contribution in [-0.4, -0.2) is 30.8 Å². The van der Waals surface area contributed by atoms with E-state index in [0.717, 1.165) is 19.5 Å². The summed E-state index contributed by atoms with van der Waals surface area (Å²) < 4.78 is 0. The van der Waals surface area contributed by atoms with Gasteiger partial charge in [-0.15, -0.1) is 0 Å². The zero-order valence-corrected chi connectivity index (χ0v) is 11.9. The number of rotatable bonds is 6. The second-order valence-corrected chi connectivity index (χ2v) is 5.53. The minimum absolute atomic E-state index is 0.214. The van der Waals surface area contributed by atoms with Gasteiger partial charge in [-0.25, -0.2) is 0 Å². The Hall–Kier alpha value is -1.06. The van der Waals surface area contributed by atoms with Crippen LogP contribution in [0.4, 0.5) is 5.69 Å². The second kappa shape index (κ2) is 7.51. The highest BCUT2D eigenvalue weighted by Gasteiger charge is 2.10. The number of hydrogen-bond acceptors (Lipinski definition) is 3. The summed E-state index contributed by atoms with van der Waals surface area (Å²) in [4.78, 5) is 2.48. The fourth-order valence-corrected chi connectivity index (χ4v) is 2.52. The molecule has 3 nitrogen and oxygen atoms in total. The summed E-state index contributed by atoms with van der Waals surface area (Å²) in [6.45, 7) is 5.98. The molecular formula is C16H26N2O. The summed E-state index contributed by atoms with van der Waals surface area (Å²) in [5.74, 6) is 0. The quantitative estimate of drug-likeness (QED) is 0.773. The first-order valence-electron chi connectivity index (χ1n) is 7.48. The van der Waals surface area contributed by atoms with Crippen molar-refractivity contribution in [1.29, 1.82) is 0 Å². The van der Waals surface area contributed by atoms with E-state index in [4.69, 9.17) is 0 Å². The number of aliphatic hydroxyl groups excluding tert-OH is 1. The molecule has 1 fully saturated rings. The van der Waals surface area contributed by atoms with Gasteiger partial charge in [0.2, 0.25) is 0 Å². The van der Waals surface area contributed by atoms with E-state index >= 15 is 0 Å². The van der Waals surface area contributed by atoms with Crippen molar-refractivity contribution >= 4 is 5.69 Å². The molecule has 1 aromatic carbocycles. The van der Waals surface area contributed by atoms with Crippen LogP contribution in [0.5, 0.6) is 0 Å². The van der Waals surface area contributed by atoms with Crippen LogP contribution in [0.3, 0.4) is 0 Å². The van der Waals surface area contributed by atoms with Crippen molar-refractivity contribution < 1.29 is 5.11 Å². The molecule has 0 bridgehead atoms. The van der Waals surface area contributed by atoms with E-state index in [9.17, 15) is 5.11 Å². The lowest BCUT2D eigenvalue weighted by Gasteiger charge is -2.28. The number of aliphatic hydroxyl groups is 1. The predicted octanol–water partition coefficient (Wildman–Crippen LogP) is 2.54. The molecule has 1 aliphatic heterocycles. The number of benzene rings is 1. The van der Waals surface area contributed by atoms with E-state index in [1.165, 1.54) is 43.6 Å². The van der Waals surface area contributed by atoms with Crippen LogP contribution in [-0.2, 0) is 6.54 Å². The van der Waals surface area contributed by atoms with Crippen LogP contribution >= 0.6 is 0 Å². The predicted molar refractivity (Wildman–Crippen MR) is 80.5 cm³/mol. The number of piperidine rings is 1. The first kappa shape index (κ1) is 14.4. The Labute approximate surface area is 116 Å². The van der Waals surface area contributed by atoms with Gasteiger partial charge in [0.1, 0.15) is 0 Å². The van der Waals surface area contributed by atoms with Gasteiger partial charge in [-0.3, -0.25) is 0 Å². The molecule has 0 aromatic heterocycles. The van der Waals surface area contributed by atoms with Gasteiger partial charge in [-0.1, -0.05) is 12.1 Å². The number of hydrogen-bond donors (Lipinski definition) is 2. The third-order valence-corrected chi connectivity index (χ3v) is 3.73. The molecule has 3 heteroatoms. The smallest absolute Gasteiger partial charge is 0.0524 e. The van der Waals surface area contributed by atoms with Crippen molar-refractivity contribution in [3.05, 3.63) is 29.8 Å². The molecule has 1 atom stereocenters. The van der Waals surface area contributed by atoms with Crippen molar-refractivity contribution in [3.8, 4) is 0 Å². The van der Waals surface area contributed by atoms with Crippen LogP contribution in [0.15, 0.2) is 24.3 Å². The van der Waals surface area contributed by atoms with E-state index in [1.807, 2.05) is 6.92 Å². The van der Waals surface area contributed by atoms with Crippen molar-refractivity contribution in [2.24, 2.45) is 0 Å². The van der Waals surface area contributed by atoms with E-state index in [0.29, 0.717) is 0 Å². The third-order valence-electron chi connectivity index (χ3n) is 3.73. The van der Waals surface area contributed by atoms with Crippen LogP contribution in [0.25, 0.3) is 0 Å². The van der Waals surface area contributed by atoms with Gasteiger partial charge in [-0.05, 0) is 56.8 Å². The Kier molecular flexibility index (Phi) is 5.67. The molecule has 1 aliphatic rings. The highest BCUT2D eigenvalue weighted by molar-refractivity contribution is 5.47. The summed E-state index contributed by atoms with van der Waals surface area (Å²) in [5, 5.41) is 12.5. The van der Waals surface area contributed by atoms with Crippen molar-refractivity contribution in [2.75, 3.05) is 24.5 Å². The Morgan fingerprint density at radius 3 is 2.47 bits per heavy atom. The summed E-state index contributed by atoms with van der Waals surface area (Å²) >= 11 is 0. The number of nitrogens with zero attached hydrogens (tertiary/aromatic N) is 1. The SMILES string of the molecule is CC(O)CCNCc1ccc(N2CCCCC2)cc1. The molecule has 1 unspecified atom stereocenters. The maximum Gasteiger partial charge on any atom is 0.0524 e. The summed E-state index contributed by atoms with van der Waals surface area (Å²) in [7, 11) is 0. The molecule has 0 radical (unpaired) electrons. The lowest BCUT2D eigenvalue weighted by molar-refractivity contribution is 0.183. The molecule has 19 heavy (non-hydrogen) atoms. The molecule has 0 aliphatic carbocycles. The fourth-order valence-electron chi connectivity index (χ4n) is 2.52. The third kappa shape index (κ3) is 4.84. The maximum atomic E-state index is 9.18. The summed E-state index contributed by atoms with van der Waals surface area (Å²) in [5.41, 5.74) is 2.67. The number of nitrogens with one attached hydrogen (secondary N) is 1. The average Bonchev–Trinajstić information content (AvgIpc) is 2.45. The second-order valence-electron chi connectivity index (χ2n) is 5.53. The van der Waals surface area contributed by atoms with Gasteiger partial charge in [0.05, 0.1) is 6.10 Å². The molecule has 0 amide bonds. The Morgan fingerprint density at radius 1 is 1.16 bits per heavy atom. The lowest BCUT2D eigenvalue weighted by atomic mass is 10.1. The van der Waals surface area contributed by atoms with Crippen molar-refractivity contribution in [2.45, 2.75) is 45.3 Å². The molecule has 0 spiro atoms. The van der Waals surface area contributed by atoms with Gasteiger partial charge >= 0.3 is 0 Å². The Balaban J connectivity index is 1.77. The Bertz CT molecular complexity index is 356. The lowest BCUT2D eigenvalue weighted by Crippen LogP contribution is -2.29. The van der Waals surface area contributed by atoms with E-state index in [1.54, 1.807) is 0 Å². The van der Waals surface area contributed by atoms with Crippen LogP contribution in [0.2, 0.25) is 0 Å². The molecule has 2 rings (SSSR count). The molecule has 106 valence electrons. The normalized spacial score (nSPS) is 17.5. The average molecular weight is 262 g/mol. The molecular weight excluding hydrogens is 236 g/mol. The van der Waals surface area contributed by atoms with Crippen molar-refractivity contribution in [1.82, 2.24) is 5.32 Å². The molecule has 2 N–H and O–H groups in total. The maximum absolute atomic E-state index is 9.18. The highest BCUT2D eigenvalue weighted by atomic mass is 16.3. The first-order valence-corrected chi connectivity index (χ1v) is 7.48. The summed E-state index contributed by atoms with van der Waals surface area (Å²) in [6.07, 6.45) is 4.62. The van der Waals surface area contributed by atoms with Gasteiger partial charge in [0.25, 0.3) is 0 Å². The van der Waals surface area contributed by atoms with Gasteiger partial charge < -0.3 is 15.3 Å². The summed E-state index contributed by atoms with van der Waals surface area (Å²) in [6, 6.07) is 8.88. The minimum Gasteiger partial charge on any atom is -0.393 e. The van der Waals surface area contributed by atoms with Gasteiger partial charge in [0.15, 0.2) is 0 Å². The largest absolute Gasteiger partial charge is 0.393 e. The number of anilines is 1. The van der Waals surface area contributed by atoms with E-state index in [-0.39, 0.29) is 6.10 Å². The van der Waals surface area contributed by atoms with Gasteiger partial charge in [0, 0.05) is 25.3 Å². The molecule has 1 saturated heterocycles. The van der Waals surface area contributed by atoms with Crippen molar-refractivity contribution in [3.63, 3.8) is 0 Å². The van der Waals surface area contributed by atoms with Gasteiger partial charge in [-0.2, -0.15) is 0 Å². The molecule has 1 heterocycles. The van der Waals surface area contributed by atoms with Crippen LogP contribution in [0.1, 0.15) is 38.2 Å². The topological polar surface area (TPSA) is 35.5 Å². The van der Waals surface area contributed by atoms with Crippen LogP contribution in [0, 0.1) is 0 Å². The molecule has 0 saturated carbocycles. The van der Waals surface area contributed by atoms with E-state index in [2.05, 4.69) is 34.5 Å². The standard InChI is InChI=1S/C16H26N2O/c1-14(19)9-10-17-13-15-5-7-16(8-6-15)18-11-3-2-4-12-18/h5-8,14,17,19H,2-4,9-13H2,1H3. The monoisotopic (exact) mass is 262 g/mol. The van der Waals surface area contributed by atoms with Crippen LogP contribution < -0.4 is 10.2 Å². The zero-order valence-electron chi connectivity index (χ0n) is 11.9. The fraction of sp³-hybridized carbons (Fsp3) is 0.625.